The van der Waals surface area contributed by atoms with Crippen molar-refractivity contribution in [1.29, 1.82) is 0 Å². The highest BCUT2D eigenvalue weighted by Crippen LogP contribution is 2.18. The van der Waals surface area contributed by atoms with E-state index >= 15 is 0 Å². The molecule has 0 heterocycles. The van der Waals surface area contributed by atoms with Crippen LogP contribution in [0.5, 0.6) is 11.5 Å². The molecule has 2 aromatic carbocycles. The Kier molecular flexibility index (Phi) is 14.3. The zero-order chi connectivity index (χ0) is 25.2. The van der Waals surface area contributed by atoms with Crippen LogP contribution in [0.1, 0.15) is 96.0 Å². The molecule has 0 fully saturated rings. The first-order valence-electron chi connectivity index (χ1n) is 13.5. The van der Waals surface area contributed by atoms with Crippen molar-refractivity contribution >= 4 is 15.8 Å². The largest absolute Gasteiger partial charge is 0.508 e. The number of hydrogen-bond donors (Lipinski definition) is 2. The first kappa shape index (κ1) is 29.0. The maximum atomic E-state index is 12.2. The summed E-state index contributed by atoms with van der Waals surface area (Å²) in [6, 6.07) is 13.9. The molecule has 35 heavy (non-hydrogen) atoms. The summed E-state index contributed by atoms with van der Waals surface area (Å²) in [5.41, 5.74) is 1.88. The van der Waals surface area contributed by atoms with Gasteiger partial charge in [-0.1, -0.05) is 102 Å². The lowest BCUT2D eigenvalue weighted by molar-refractivity contribution is 0.475. The molecular weight excluding hydrogens is 458 g/mol. The number of rotatable bonds is 20. The molecule has 0 aromatic heterocycles. The van der Waals surface area contributed by atoms with Gasteiger partial charge in [0.05, 0.1) is 0 Å². The Hall–Kier alpha value is -2.21. The lowest BCUT2D eigenvalue weighted by atomic mass is 10.0. The zero-order valence-corrected chi connectivity index (χ0v) is 22.3. The minimum absolute atomic E-state index is 0.132. The molecule has 0 unspecified atom stereocenters. The SMILES string of the molecule is CCCCCCCCCCCCCCCc1ccc(OS(=O)(=O)CCNc2cccc(O)c2)cc1. The number of aromatic hydroxyl groups is 1. The third-order valence-electron chi connectivity index (χ3n) is 6.24. The molecule has 0 bridgehead atoms. The molecule has 196 valence electrons. The number of benzene rings is 2. The van der Waals surface area contributed by atoms with Crippen LogP contribution < -0.4 is 9.50 Å². The van der Waals surface area contributed by atoms with Crippen molar-refractivity contribution in [2.45, 2.75) is 96.8 Å². The van der Waals surface area contributed by atoms with E-state index in [-0.39, 0.29) is 18.0 Å². The number of unbranched alkanes of at least 4 members (excludes halogenated alkanes) is 12. The molecule has 0 atom stereocenters. The number of anilines is 1. The van der Waals surface area contributed by atoms with E-state index in [9.17, 15) is 13.5 Å². The molecule has 5 nitrogen and oxygen atoms in total. The minimum Gasteiger partial charge on any atom is -0.508 e. The van der Waals surface area contributed by atoms with Crippen molar-refractivity contribution in [3.63, 3.8) is 0 Å². The van der Waals surface area contributed by atoms with E-state index in [1.54, 1.807) is 36.4 Å². The van der Waals surface area contributed by atoms with Gasteiger partial charge < -0.3 is 14.6 Å². The van der Waals surface area contributed by atoms with Crippen molar-refractivity contribution < 1.29 is 17.7 Å². The monoisotopic (exact) mass is 503 g/mol. The summed E-state index contributed by atoms with van der Waals surface area (Å²) in [5, 5.41) is 12.4. The molecule has 0 spiro atoms. The van der Waals surface area contributed by atoms with Gasteiger partial charge in [0.15, 0.2) is 0 Å². The summed E-state index contributed by atoms with van der Waals surface area (Å²) in [5.74, 6) is 0.313. The maximum absolute atomic E-state index is 12.2. The Morgan fingerprint density at radius 1 is 0.771 bits per heavy atom. The van der Waals surface area contributed by atoms with Gasteiger partial charge in [0, 0.05) is 18.3 Å². The van der Waals surface area contributed by atoms with E-state index in [2.05, 4.69) is 12.2 Å². The molecule has 0 aliphatic carbocycles. The van der Waals surface area contributed by atoms with E-state index in [0.717, 1.165) is 12.8 Å². The van der Waals surface area contributed by atoms with Crippen molar-refractivity contribution in [2.24, 2.45) is 0 Å². The van der Waals surface area contributed by atoms with Gasteiger partial charge >= 0.3 is 10.1 Å². The van der Waals surface area contributed by atoms with Crippen LogP contribution in [0.4, 0.5) is 5.69 Å². The van der Waals surface area contributed by atoms with Crippen LogP contribution in [-0.2, 0) is 16.5 Å². The Labute approximate surface area is 213 Å². The fourth-order valence-electron chi connectivity index (χ4n) is 4.18. The second-order valence-corrected chi connectivity index (χ2v) is 11.1. The van der Waals surface area contributed by atoms with Gasteiger partial charge in [-0.3, -0.25) is 0 Å². The normalized spacial score (nSPS) is 11.5. The van der Waals surface area contributed by atoms with Crippen molar-refractivity contribution in [2.75, 3.05) is 17.6 Å². The number of phenolic OH excluding ortho intramolecular Hbond substituents is 1. The van der Waals surface area contributed by atoms with Gasteiger partial charge in [-0.25, -0.2) is 0 Å². The Balaban J connectivity index is 1.52. The molecule has 2 aromatic rings. The molecule has 0 amide bonds. The number of aryl methyl sites for hydroxylation is 1. The average Bonchev–Trinajstić information content (AvgIpc) is 2.83. The third-order valence-corrected chi connectivity index (χ3v) is 7.39. The van der Waals surface area contributed by atoms with Crippen LogP contribution in [-0.4, -0.2) is 25.8 Å². The van der Waals surface area contributed by atoms with Crippen LogP contribution in [0.2, 0.25) is 0 Å². The minimum atomic E-state index is -3.69. The zero-order valence-electron chi connectivity index (χ0n) is 21.5. The highest BCUT2D eigenvalue weighted by atomic mass is 32.2. The summed E-state index contributed by atoms with van der Waals surface area (Å²) < 4.78 is 29.7. The summed E-state index contributed by atoms with van der Waals surface area (Å²) in [4.78, 5) is 0. The van der Waals surface area contributed by atoms with Gasteiger partial charge in [0.1, 0.15) is 17.3 Å². The predicted octanol–water partition coefficient (Wildman–Crippen LogP) is 7.85. The molecule has 0 aliphatic heterocycles. The third kappa shape index (κ3) is 14.1. The highest BCUT2D eigenvalue weighted by Gasteiger charge is 2.12. The van der Waals surface area contributed by atoms with Gasteiger partial charge in [-0.05, 0) is 42.7 Å². The Morgan fingerprint density at radius 2 is 1.34 bits per heavy atom. The van der Waals surface area contributed by atoms with Crippen LogP contribution in [0.15, 0.2) is 48.5 Å². The van der Waals surface area contributed by atoms with Crippen molar-refractivity contribution in [1.82, 2.24) is 0 Å². The molecule has 6 heteroatoms. The smallest absolute Gasteiger partial charge is 0.310 e. The summed E-state index contributed by atoms with van der Waals surface area (Å²) in [6.45, 7) is 2.46. The van der Waals surface area contributed by atoms with Crippen LogP contribution >= 0.6 is 0 Å². The Bertz CT molecular complexity index is 913. The topological polar surface area (TPSA) is 75.6 Å². The number of hydrogen-bond acceptors (Lipinski definition) is 5. The molecule has 2 N–H and O–H groups in total. The lowest BCUT2D eigenvalue weighted by Gasteiger charge is -2.10. The fourth-order valence-corrected chi connectivity index (χ4v) is 5.02. The van der Waals surface area contributed by atoms with Gasteiger partial charge in [0.25, 0.3) is 0 Å². The van der Waals surface area contributed by atoms with E-state index in [0.29, 0.717) is 11.4 Å². The predicted molar refractivity (Wildman–Crippen MR) is 147 cm³/mol. The van der Waals surface area contributed by atoms with Crippen LogP contribution in [0, 0.1) is 0 Å². The average molecular weight is 504 g/mol. The second kappa shape index (κ2) is 17.3. The van der Waals surface area contributed by atoms with Crippen molar-refractivity contribution in [3.05, 3.63) is 54.1 Å². The maximum Gasteiger partial charge on any atom is 0.310 e. The van der Waals surface area contributed by atoms with E-state index in [1.807, 2.05) is 12.1 Å². The first-order chi connectivity index (χ1) is 17.0. The van der Waals surface area contributed by atoms with Crippen LogP contribution in [0.3, 0.4) is 0 Å². The second-order valence-electron chi connectivity index (χ2n) is 9.46. The Morgan fingerprint density at radius 3 is 1.91 bits per heavy atom. The molecular formula is C29H45NO4S. The first-order valence-corrected chi connectivity index (χ1v) is 15.1. The molecule has 0 radical (unpaired) electrons. The van der Waals surface area contributed by atoms with Crippen LogP contribution in [0.25, 0.3) is 0 Å². The summed E-state index contributed by atoms with van der Waals surface area (Å²) in [7, 11) is -3.69. The highest BCUT2D eigenvalue weighted by molar-refractivity contribution is 7.87. The van der Waals surface area contributed by atoms with Gasteiger partial charge in [-0.2, -0.15) is 8.42 Å². The molecule has 0 saturated heterocycles. The van der Waals surface area contributed by atoms with E-state index < -0.39 is 10.1 Å². The van der Waals surface area contributed by atoms with Crippen molar-refractivity contribution in [3.8, 4) is 11.5 Å². The molecule has 2 rings (SSSR count). The van der Waals surface area contributed by atoms with E-state index in [1.165, 1.54) is 82.6 Å². The lowest BCUT2D eigenvalue weighted by Crippen LogP contribution is -2.20. The summed E-state index contributed by atoms with van der Waals surface area (Å²) >= 11 is 0. The quantitative estimate of drug-likeness (QED) is 0.142. The number of phenols is 1. The summed E-state index contributed by atoms with van der Waals surface area (Å²) in [6.07, 6.45) is 18.5. The fraction of sp³-hybridized carbons (Fsp3) is 0.586. The van der Waals surface area contributed by atoms with Gasteiger partial charge in [-0.15, -0.1) is 0 Å². The molecule has 0 aliphatic rings. The van der Waals surface area contributed by atoms with E-state index in [4.69, 9.17) is 4.18 Å². The standard InChI is InChI=1S/C29H45NO4S/c1-2-3-4-5-6-7-8-9-10-11-12-13-14-16-26-19-21-29(22-20-26)34-35(32,33)24-23-30-27-17-15-18-28(31)25-27/h15,17-22,25,30-31H,2-14,16,23-24H2,1H3. The van der Waals surface area contributed by atoms with Gasteiger partial charge in [0.2, 0.25) is 0 Å². The molecule has 0 saturated carbocycles. The number of nitrogens with one attached hydrogen (secondary N) is 1.